The first kappa shape index (κ1) is 8.87. The van der Waals surface area contributed by atoms with Crippen LogP contribution in [0.25, 0.3) is 0 Å². The lowest BCUT2D eigenvalue weighted by Gasteiger charge is -2.19. The minimum absolute atomic E-state index is 0.456. The normalized spacial score (nSPS) is 28.9. The number of halogens is 2. The maximum absolute atomic E-state index is 12.2. The molecule has 0 spiro atoms. The van der Waals surface area contributed by atoms with Crippen LogP contribution >= 0.6 is 0 Å². The smallest absolute Gasteiger partial charge is 0.254 e. The van der Waals surface area contributed by atoms with Crippen molar-refractivity contribution in [2.45, 2.75) is 18.9 Å². The van der Waals surface area contributed by atoms with Gasteiger partial charge < -0.3 is 10.2 Å². The van der Waals surface area contributed by atoms with Crippen molar-refractivity contribution in [2.24, 2.45) is 0 Å². The highest BCUT2D eigenvalue weighted by Crippen LogP contribution is 2.05. The number of alkyl halides is 2. The zero-order chi connectivity index (χ0) is 8.27. The van der Waals surface area contributed by atoms with Crippen molar-refractivity contribution >= 4 is 0 Å². The Hall–Kier alpha value is -0.220. The molecule has 1 aliphatic rings. The van der Waals surface area contributed by atoms with Crippen molar-refractivity contribution in [3.05, 3.63) is 0 Å². The molecule has 1 rings (SSSR count). The topological polar surface area (TPSA) is 15.3 Å². The van der Waals surface area contributed by atoms with Gasteiger partial charge in [0.25, 0.3) is 6.43 Å². The van der Waals surface area contributed by atoms with E-state index in [0.717, 1.165) is 13.0 Å². The van der Waals surface area contributed by atoms with Crippen LogP contribution in [0.5, 0.6) is 0 Å². The summed E-state index contributed by atoms with van der Waals surface area (Å²) in [5, 5.41) is 2.82. The Morgan fingerprint density at radius 3 is 2.91 bits per heavy atom. The van der Waals surface area contributed by atoms with Crippen LogP contribution in [0.2, 0.25) is 0 Å². The Bertz CT molecular complexity index is 119. The second-order valence-electron chi connectivity index (χ2n) is 3.01. The minimum atomic E-state index is -2.24. The van der Waals surface area contributed by atoms with Crippen LogP contribution in [0, 0.1) is 0 Å². The van der Waals surface area contributed by atoms with Crippen LogP contribution in [0.1, 0.15) is 6.42 Å². The zero-order valence-corrected chi connectivity index (χ0v) is 6.69. The van der Waals surface area contributed by atoms with Gasteiger partial charge in [-0.25, -0.2) is 8.78 Å². The molecular weight excluding hydrogens is 150 g/mol. The second-order valence-corrected chi connectivity index (χ2v) is 3.01. The molecule has 1 aliphatic heterocycles. The predicted octanol–water partition coefficient (Wildman–Crippen LogP) is 0.545. The molecule has 0 aromatic rings. The number of hydrogen-bond donors (Lipinski definition) is 1. The predicted molar refractivity (Wildman–Crippen MR) is 39.9 cm³/mol. The summed E-state index contributed by atoms with van der Waals surface area (Å²) in [5.74, 6) is 0. The first-order valence-electron chi connectivity index (χ1n) is 3.90. The molecule has 0 aliphatic carbocycles. The molecule has 1 fully saturated rings. The highest BCUT2D eigenvalue weighted by atomic mass is 19.3. The first-order valence-corrected chi connectivity index (χ1v) is 3.90. The number of rotatable bonds is 1. The van der Waals surface area contributed by atoms with Gasteiger partial charge in [-0.15, -0.1) is 0 Å². The summed E-state index contributed by atoms with van der Waals surface area (Å²) in [7, 11) is 1.88. The van der Waals surface area contributed by atoms with Gasteiger partial charge in [-0.2, -0.15) is 0 Å². The fourth-order valence-electron chi connectivity index (χ4n) is 1.30. The Balaban J connectivity index is 2.39. The van der Waals surface area contributed by atoms with Gasteiger partial charge in [-0.3, -0.25) is 0 Å². The minimum Gasteiger partial charge on any atom is -0.308 e. The molecule has 2 nitrogen and oxygen atoms in total. The Labute approximate surface area is 65.6 Å². The van der Waals surface area contributed by atoms with Gasteiger partial charge >= 0.3 is 0 Å². The van der Waals surface area contributed by atoms with Gasteiger partial charge in [0, 0.05) is 6.54 Å². The molecule has 1 atom stereocenters. The summed E-state index contributed by atoms with van der Waals surface area (Å²) in [4.78, 5) is 1.94. The Morgan fingerprint density at radius 2 is 2.27 bits per heavy atom. The lowest BCUT2D eigenvalue weighted by molar-refractivity contribution is 0.0881. The van der Waals surface area contributed by atoms with Gasteiger partial charge in [0.05, 0.1) is 6.04 Å². The highest BCUT2D eigenvalue weighted by Gasteiger charge is 2.22. The van der Waals surface area contributed by atoms with Crippen LogP contribution in [0.3, 0.4) is 0 Å². The van der Waals surface area contributed by atoms with Crippen molar-refractivity contribution in [3.63, 3.8) is 0 Å². The molecule has 1 heterocycles. The van der Waals surface area contributed by atoms with E-state index in [4.69, 9.17) is 0 Å². The summed E-state index contributed by atoms with van der Waals surface area (Å²) in [6, 6.07) is -0.637. The molecule has 66 valence electrons. The molecule has 0 bridgehead atoms. The molecule has 4 heteroatoms. The van der Waals surface area contributed by atoms with Crippen molar-refractivity contribution in [1.29, 1.82) is 0 Å². The molecule has 1 N–H and O–H groups in total. The fraction of sp³-hybridized carbons (Fsp3) is 1.00. The first-order chi connectivity index (χ1) is 5.20. The summed E-state index contributed by atoms with van der Waals surface area (Å²) >= 11 is 0. The van der Waals surface area contributed by atoms with Crippen molar-refractivity contribution in [2.75, 3.05) is 26.7 Å². The van der Waals surface area contributed by atoms with Crippen LogP contribution in [0.15, 0.2) is 0 Å². The van der Waals surface area contributed by atoms with E-state index >= 15 is 0 Å². The SMILES string of the molecule is CN1CCCNC(C(F)F)C1. The fourth-order valence-corrected chi connectivity index (χ4v) is 1.30. The second kappa shape index (κ2) is 3.97. The van der Waals surface area contributed by atoms with E-state index in [1.54, 1.807) is 0 Å². The maximum atomic E-state index is 12.2. The van der Waals surface area contributed by atoms with E-state index in [1.807, 2.05) is 11.9 Å². The molecule has 0 aromatic heterocycles. The molecule has 0 saturated carbocycles. The van der Waals surface area contributed by atoms with Crippen LogP contribution in [0.4, 0.5) is 8.78 Å². The van der Waals surface area contributed by atoms with E-state index in [9.17, 15) is 8.78 Å². The molecule has 0 amide bonds. The van der Waals surface area contributed by atoms with E-state index in [-0.39, 0.29) is 0 Å². The molecular formula is C7H14F2N2. The van der Waals surface area contributed by atoms with Gasteiger partial charge in [-0.05, 0) is 26.6 Å². The summed E-state index contributed by atoms with van der Waals surface area (Å²) in [5.41, 5.74) is 0. The summed E-state index contributed by atoms with van der Waals surface area (Å²) in [6.07, 6.45) is -1.28. The maximum Gasteiger partial charge on any atom is 0.254 e. The molecule has 11 heavy (non-hydrogen) atoms. The van der Waals surface area contributed by atoms with E-state index in [2.05, 4.69) is 5.32 Å². The van der Waals surface area contributed by atoms with Crippen molar-refractivity contribution in [3.8, 4) is 0 Å². The van der Waals surface area contributed by atoms with Crippen LogP contribution in [-0.4, -0.2) is 44.0 Å². The van der Waals surface area contributed by atoms with E-state index in [0.29, 0.717) is 13.1 Å². The van der Waals surface area contributed by atoms with Gasteiger partial charge in [-0.1, -0.05) is 0 Å². The van der Waals surface area contributed by atoms with Gasteiger partial charge in [0.15, 0.2) is 0 Å². The average molecular weight is 164 g/mol. The highest BCUT2D eigenvalue weighted by molar-refractivity contribution is 4.76. The largest absolute Gasteiger partial charge is 0.308 e. The van der Waals surface area contributed by atoms with Crippen molar-refractivity contribution in [1.82, 2.24) is 10.2 Å². The number of nitrogens with one attached hydrogen (secondary N) is 1. The quantitative estimate of drug-likeness (QED) is 0.608. The van der Waals surface area contributed by atoms with Crippen molar-refractivity contribution < 1.29 is 8.78 Å². The summed E-state index contributed by atoms with van der Waals surface area (Å²) in [6.45, 7) is 2.08. The van der Waals surface area contributed by atoms with Crippen LogP contribution in [-0.2, 0) is 0 Å². The average Bonchev–Trinajstić information content (AvgIpc) is 2.13. The molecule has 0 aromatic carbocycles. The van der Waals surface area contributed by atoms with Gasteiger partial charge in [0.2, 0.25) is 0 Å². The Kier molecular flexibility index (Phi) is 3.20. The summed E-state index contributed by atoms with van der Waals surface area (Å²) < 4.78 is 24.4. The zero-order valence-electron chi connectivity index (χ0n) is 6.69. The monoisotopic (exact) mass is 164 g/mol. The van der Waals surface area contributed by atoms with Crippen LogP contribution < -0.4 is 5.32 Å². The molecule has 1 unspecified atom stereocenters. The van der Waals surface area contributed by atoms with E-state index < -0.39 is 12.5 Å². The third-order valence-corrected chi connectivity index (χ3v) is 1.94. The standard InChI is InChI=1S/C7H14F2N2/c1-11-4-2-3-10-6(5-11)7(8)9/h6-7,10H,2-5H2,1H3. The third kappa shape index (κ3) is 2.71. The molecule has 1 saturated heterocycles. The Morgan fingerprint density at radius 1 is 1.55 bits per heavy atom. The van der Waals surface area contributed by atoms with E-state index in [1.165, 1.54) is 0 Å². The molecule has 0 radical (unpaired) electrons. The van der Waals surface area contributed by atoms with Gasteiger partial charge in [0.1, 0.15) is 0 Å². The number of hydrogen-bond acceptors (Lipinski definition) is 2. The third-order valence-electron chi connectivity index (χ3n) is 1.94. The number of likely N-dealkylation sites (N-methyl/N-ethyl adjacent to an activating group) is 1. The lowest BCUT2D eigenvalue weighted by Crippen LogP contribution is -2.41. The lowest BCUT2D eigenvalue weighted by atomic mass is 10.3. The number of nitrogens with zero attached hydrogens (tertiary/aromatic N) is 1.